The number of para-hydroxylation sites is 1. The molecule has 3 saturated carbocycles. The van der Waals surface area contributed by atoms with Gasteiger partial charge in [0, 0.05) is 29.6 Å². The Morgan fingerprint density at radius 3 is 2.53 bits per heavy atom. The molecular formula is C38H46N2O3. The van der Waals surface area contributed by atoms with E-state index in [1.165, 1.54) is 5.57 Å². The van der Waals surface area contributed by atoms with Crippen molar-refractivity contribution in [3.63, 3.8) is 0 Å². The van der Waals surface area contributed by atoms with Crippen molar-refractivity contribution < 1.29 is 14.7 Å². The van der Waals surface area contributed by atoms with Gasteiger partial charge < -0.3 is 10.4 Å². The molecule has 8 rings (SSSR count). The van der Waals surface area contributed by atoms with Gasteiger partial charge in [0.05, 0.1) is 12.0 Å². The lowest BCUT2D eigenvalue weighted by Gasteiger charge is -2.58. The topological polar surface area (TPSA) is 69.6 Å². The standard InChI is InChI=1S/C38H46N2O3/c1-36-19-17-25(41)21-24(36)13-14-26-28-15-16-31(37(28,2)20-18-29(26)36)34(42)33-27(23-9-5-4-6-10-23)22-40(3)38(33)30-11-7-8-12-32(30)39-35(38)43/h4-13,25-29,31,33,41H,14-22H2,1-3H3,(H,39,43)/t25-,26-,27+,28-,29-,31?,33?,36-,37-,38?/m0/s1. The van der Waals surface area contributed by atoms with E-state index in [9.17, 15) is 9.90 Å². The maximum Gasteiger partial charge on any atom is 0.250 e. The minimum atomic E-state index is -0.987. The van der Waals surface area contributed by atoms with Gasteiger partial charge >= 0.3 is 0 Å². The van der Waals surface area contributed by atoms with Crippen LogP contribution in [0.25, 0.3) is 0 Å². The monoisotopic (exact) mass is 578 g/mol. The number of nitrogens with zero attached hydrogens (tertiary/aromatic N) is 1. The number of carbonyl (C=O) groups is 2. The Hall–Kier alpha value is -2.76. The highest BCUT2D eigenvalue weighted by Gasteiger charge is 2.67. The van der Waals surface area contributed by atoms with Gasteiger partial charge in [-0.15, -0.1) is 0 Å². The Morgan fingerprint density at radius 2 is 1.72 bits per heavy atom. The van der Waals surface area contributed by atoms with Crippen molar-refractivity contribution in [1.82, 2.24) is 4.90 Å². The first-order chi connectivity index (χ1) is 20.7. The zero-order chi connectivity index (χ0) is 29.7. The average Bonchev–Trinajstić information content (AvgIpc) is 3.63. The van der Waals surface area contributed by atoms with Crippen LogP contribution in [0.2, 0.25) is 0 Å². The van der Waals surface area contributed by atoms with Crippen LogP contribution in [0.1, 0.15) is 82.3 Å². The smallest absolute Gasteiger partial charge is 0.250 e. The largest absolute Gasteiger partial charge is 0.393 e. The van der Waals surface area contributed by atoms with E-state index in [2.05, 4.69) is 60.5 Å². The number of hydrogen-bond donors (Lipinski definition) is 2. The summed E-state index contributed by atoms with van der Waals surface area (Å²) in [5.41, 5.74) is 3.60. The summed E-state index contributed by atoms with van der Waals surface area (Å²) < 4.78 is 0. The molecule has 3 unspecified atom stereocenters. The van der Waals surface area contributed by atoms with E-state index in [0.717, 1.165) is 68.2 Å². The Labute approximate surface area is 256 Å². The molecule has 1 amide bonds. The zero-order valence-corrected chi connectivity index (χ0v) is 25.9. The molecule has 0 aromatic heterocycles. The predicted molar refractivity (Wildman–Crippen MR) is 168 cm³/mol. The number of ketones is 1. The van der Waals surface area contributed by atoms with Crippen LogP contribution in [0.15, 0.2) is 66.2 Å². The Kier molecular flexibility index (Phi) is 6.21. The van der Waals surface area contributed by atoms with Crippen LogP contribution in [-0.2, 0) is 15.1 Å². The van der Waals surface area contributed by atoms with E-state index >= 15 is 4.79 Å². The number of hydrogen-bond acceptors (Lipinski definition) is 4. The van der Waals surface area contributed by atoms with E-state index in [1.54, 1.807) is 0 Å². The second kappa shape index (κ2) is 9.62. The number of aliphatic hydroxyl groups excluding tert-OH is 1. The molecule has 6 aliphatic rings. The van der Waals surface area contributed by atoms with E-state index in [4.69, 9.17) is 0 Å². The summed E-state index contributed by atoms with van der Waals surface area (Å²) in [4.78, 5) is 31.8. The third kappa shape index (κ3) is 3.64. The van der Waals surface area contributed by atoms with Crippen molar-refractivity contribution in [2.24, 2.45) is 40.4 Å². The number of likely N-dealkylation sites (tertiary alicyclic amines) is 1. The van der Waals surface area contributed by atoms with Crippen molar-refractivity contribution in [3.05, 3.63) is 77.4 Å². The van der Waals surface area contributed by atoms with Gasteiger partial charge in [-0.25, -0.2) is 0 Å². The van der Waals surface area contributed by atoms with Crippen molar-refractivity contribution in [1.29, 1.82) is 0 Å². The molecular weight excluding hydrogens is 532 g/mol. The maximum absolute atomic E-state index is 15.4. The molecule has 43 heavy (non-hydrogen) atoms. The van der Waals surface area contributed by atoms with E-state index in [1.807, 2.05) is 31.3 Å². The van der Waals surface area contributed by atoms with Crippen LogP contribution in [0.4, 0.5) is 5.69 Å². The fourth-order valence-electron chi connectivity index (χ4n) is 11.8. The number of benzene rings is 2. The zero-order valence-electron chi connectivity index (χ0n) is 25.9. The van der Waals surface area contributed by atoms with E-state index in [-0.39, 0.29) is 34.7 Å². The number of rotatable bonds is 3. The lowest BCUT2D eigenvalue weighted by atomic mass is 9.47. The number of anilines is 1. The third-order valence-corrected chi connectivity index (χ3v) is 13.8. The van der Waals surface area contributed by atoms with Crippen molar-refractivity contribution in [2.75, 3.05) is 18.9 Å². The number of carbonyl (C=O) groups excluding carboxylic acids is 2. The van der Waals surface area contributed by atoms with Crippen molar-refractivity contribution in [2.45, 2.75) is 82.8 Å². The van der Waals surface area contributed by atoms with Crippen LogP contribution in [0.5, 0.6) is 0 Å². The average molecular weight is 579 g/mol. The summed E-state index contributed by atoms with van der Waals surface area (Å²) in [6.45, 7) is 5.58. The van der Waals surface area contributed by atoms with Crippen molar-refractivity contribution in [3.8, 4) is 0 Å². The molecule has 1 spiro atoms. The quantitative estimate of drug-likeness (QED) is 0.398. The molecule has 0 radical (unpaired) electrons. The molecule has 4 aliphatic carbocycles. The van der Waals surface area contributed by atoms with Crippen LogP contribution >= 0.6 is 0 Å². The summed E-state index contributed by atoms with van der Waals surface area (Å²) in [5, 5.41) is 13.6. The Morgan fingerprint density at radius 1 is 0.953 bits per heavy atom. The molecule has 2 N–H and O–H groups in total. The molecule has 2 aromatic carbocycles. The van der Waals surface area contributed by atoms with Gasteiger partial charge in [0.25, 0.3) is 0 Å². The maximum atomic E-state index is 15.4. The summed E-state index contributed by atoms with van der Waals surface area (Å²) in [6.07, 6.45) is 10.5. The van der Waals surface area contributed by atoms with E-state index in [0.29, 0.717) is 30.1 Å². The van der Waals surface area contributed by atoms with Gasteiger partial charge in [-0.1, -0.05) is 74.0 Å². The second-order valence-electron chi connectivity index (χ2n) is 15.4. The molecule has 10 atom stereocenters. The van der Waals surface area contributed by atoms with Crippen LogP contribution < -0.4 is 5.32 Å². The number of fused-ring (bicyclic) bond motifs is 7. The van der Waals surface area contributed by atoms with Gasteiger partial charge in [-0.05, 0) is 98.6 Å². The molecule has 5 heteroatoms. The van der Waals surface area contributed by atoms with Crippen LogP contribution in [-0.4, -0.2) is 41.4 Å². The van der Waals surface area contributed by atoms with Gasteiger partial charge in [-0.2, -0.15) is 0 Å². The number of nitrogens with one attached hydrogen (secondary N) is 1. The summed E-state index contributed by atoms with van der Waals surface area (Å²) >= 11 is 0. The second-order valence-corrected chi connectivity index (χ2v) is 15.4. The highest BCUT2D eigenvalue weighted by Crippen LogP contribution is 2.67. The summed E-state index contributed by atoms with van der Waals surface area (Å²) in [5.74, 6) is 1.52. The molecule has 226 valence electrons. The third-order valence-electron chi connectivity index (χ3n) is 13.8. The highest BCUT2D eigenvalue weighted by atomic mass is 16.3. The lowest BCUT2D eigenvalue weighted by molar-refractivity contribution is -0.142. The van der Waals surface area contributed by atoms with Gasteiger partial charge in [0.1, 0.15) is 11.3 Å². The molecule has 2 aromatic rings. The number of likely N-dealkylation sites (N-methyl/N-ethyl adjacent to an activating group) is 1. The number of Topliss-reactive ketones (excluding diaryl/α,β-unsaturated/α-hetero) is 1. The molecule has 5 nitrogen and oxygen atoms in total. The molecule has 1 saturated heterocycles. The predicted octanol–water partition coefficient (Wildman–Crippen LogP) is 6.69. The highest BCUT2D eigenvalue weighted by molar-refractivity contribution is 6.10. The molecule has 4 fully saturated rings. The van der Waals surface area contributed by atoms with Crippen molar-refractivity contribution >= 4 is 17.4 Å². The van der Waals surface area contributed by atoms with Gasteiger partial charge in [0.15, 0.2) is 0 Å². The number of amides is 1. The Bertz CT molecular complexity index is 1500. The van der Waals surface area contributed by atoms with Crippen LogP contribution in [0, 0.1) is 40.4 Å². The number of aliphatic hydroxyl groups is 1. The minimum absolute atomic E-state index is 0.0371. The van der Waals surface area contributed by atoms with Gasteiger partial charge in [-0.3, -0.25) is 14.5 Å². The molecule has 0 bridgehead atoms. The minimum Gasteiger partial charge on any atom is -0.393 e. The lowest BCUT2D eigenvalue weighted by Crippen LogP contribution is -2.55. The molecule has 2 aliphatic heterocycles. The fraction of sp³-hybridized carbons (Fsp3) is 0.579. The normalized spacial score (nSPS) is 43.4. The SMILES string of the molecule is CN1C[C@H](c2ccccc2)C(C(=O)C2CC[C@H]3[C@@H]4CC=C5C[C@@H](O)CC[C@]5(C)[C@H]4CC[C@]23C)C12C(=O)Nc1ccccc12. The number of allylic oxidation sites excluding steroid dienone is 1. The first kappa shape index (κ1) is 27.8. The summed E-state index contributed by atoms with van der Waals surface area (Å²) in [7, 11) is 2.04. The molecule has 2 heterocycles. The Balaban J connectivity index is 1.18. The fourth-order valence-corrected chi connectivity index (χ4v) is 11.8. The summed E-state index contributed by atoms with van der Waals surface area (Å²) in [6, 6.07) is 18.5. The van der Waals surface area contributed by atoms with Crippen LogP contribution in [0.3, 0.4) is 0 Å². The van der Waals surface area contributed by atoms with Gasteiger partial charge in [0.2, 0.25) is 5.91 Å². The van der Waals surface area contributed by atoms with E-state index < -0.39 is 11.5 Å². The first-order valence-corrected chi connectivity index (χ1v) is 16.8. The first-order valence-electron chi connectivity index (χ1n) is 16.8.